The Morgan fingerprint density at radius 2 is 1.74 bits per heavy atom. The van der Waals surface area contributed by atoms with E-state index in [4.69, 9.17) is 9.84 Å². The first-order valence-electron chi connectivity index (χ1n) is 6.33. The van der Waals surface area contributed by atoms with Crippen LogP contribution in [0.2, 0.25) is 0 Å². The second-order valence-corrected chi connectivity index (χ2v) is 4.37. The Morgan fingerprint density at radius 3 is 2.32 bits per heavy atom. The Bertz CT molecular complexity index is 535. The summed E-state index contributed by atoms with van der Waals surface area (Å²) in [7, 11) is 0. The molecule has 0 aliphatic heterocycles. The maximum absolute atomic E-state index is 13.7. The van der Waals surface area contributed by atoms with Gasteiger partial charge < -0.3 is 9.84 Å². The fourth-order valence-electron chi connectivity index (χ4n) is 1.78. The molecule has 2 nitrogen and oxygen atoms in total. The van der Waals surface area contributed by atoms with E-state index < -0.39 is 0 Å². The van der Waals surface area contributed by atoms with Crippen LogP contribution in [-0.4, -0.2) is 5.11 Å². The SMILES string of the molecule is CCc1ccc(COc2ccc(CO)cc2)c(F)c1. The van der Waals surface area contributed by atoms with Crippen LogP contribution >= 0.6 is 0 Å². The molecule has 0 aromatic heterocycles. The zero-order valence-corrected chi connectivity index (χ0v) is 10.9. The van der Waals surface area contributed by atoms with E-state index in [1.165, 1.54) is 0 Å². The first-order chi connectivity index (χ1) is 9.22. The standard InChI is InChI=1S/C16H17FO2/c1-2-12-3-6-14(16(17)9-12)11-19-15-7-4-13(10-18)5-8-15/h3-9,18H,2,10-11H2,1H3. The van der Waals surface area contributed by atoms with E-state index >= 15 is 0 Å². The Kier molecular flexibility index (Phi) is 4.53. The second kappa shape index (κ2) is 6.34. The van der Waals surface area contributed by atoms with Gasteiger partial charge in [0.2, 0.25) is 0 Å². The average molecular weight is 260 g/mol. The van der Waals surface area contributed by atoms with E-state index in [1.807, 2.05) is 13.0 Å². The van der Waals surface area contributed by atoms with Crippen molar-refractivity contribution in [1.29, 1.82) is 0 Å². The molecule has 0 heterocycles. The molecule has 0 saturated carbocycles. The van der Waals surface area contributed by atoms with Crippen LogP contribution in [0.5, 0.6) is 5.75 Å². The van der Waals surface area contributed by atoms with Gasteiger partial charge in [-0.25, -0.2) is 4.39 Å². The van der Waals surface area contributed by atoms with E-state index in [2.05, 4.69) is 0 Å². The van der Waals surface area contributed by atoms with Crippen LogP contribution in [0.3, 0.4) is 0 Å². The smallest absolute Gasteiger partial charge is 0.130 e. The summed E-state index contributed by atoms with van der Waals surface area (Å²) in [6.07, 6.45) is 0.820. The van der Waals surface area contributed by atoms with Gasteiger partial charge in [-0.1, -0.05) is 31.2 Å². The molecule has 0 unspecified atom stereocenters. The molecule has 0 bridgehead atoms. The molecule has 0 radical (unpaired) electrons. The number of aryl methyl sites for hydroxylation is 1. The minimum atomic E-state index is -0.230. The molecular formula is C16H17FO2. The van der Waals surface area contributed by atoms with Gasteiger partial charge >= 0.3 is 0 Å². The van der Waals surface area contributed by atoms with Crippen LogP contribution in [0.1, 0.15) is 23.6 Å². The van der Waals surface area contributed by atoms with Crippen molar-refractivity contribution in [2.75, 3.05) is 0 Å². The molecule has 3 heteroatoms. The number of halogens is 1. The molecule has 1 N–H and O–H groups in total. The summed E-state index contributed by atoms with van der Waals surface area (Å²) in [6.45, 7) is 2.20. The molecule has 2 aromatic carbocycles. The molecule has 0 amide bonds. The van der Waals surface area contributed by atoms with Gasteiger partial charge in [0, 0.05) is 5.56 Å². The summed E-state index contributed by atoms with van der Waals surface area (Å²) >= 11 is 0. The van der Waals surface area contributed by atoms with Crippen LogP contribution in [0.4, 0.5) is 4.39 Å². The Hall–Kier alpha value is -1.87. The minimum absolute atomic E-state index is 0.00733. The molecule has 2 rings (SSSR count). The maximum atomic E-state index is 13.7. The molecule has 2 aromatic rings. The van der Waals surface area contributed by atoms with Gasteiger partial charge in [-0.3, -0.25) is 0 Å². The number of ether oxygens (including phenoxy) is 1. The lowest BCUT2D eigenvalue weighted by molar-refractivity contribution is 0.280. The van der Waals surface area contributed by atoms with Crippen molar-refractivity contribution < 1.29 is 14.2 Å². The monoisotopic (exact) mass is 260 g/mol. The summed E-state index contributed by atoms with van der Waals surface area (Å²) < 4.78 is 19.3. The van der Waals surface area contributed by atoms with Gasteiger partial charge in [0.1, 0.15) is 18.2 Å². The van der Waals surface area contributed by atoms with Crippen molar-refractivity contribution >= 4 is 0 Å². The lowest BCUT2D eigenvalue weighted by atomic mass is 10.1. The fourth-order valence-corrected chi connectivity index (χ4v) is 1.78. The third-order valence-electron chi connectivity index (χ3n) is 3.03. The topological polar surface area (TPSA) is 29.5 Å². The van der Waals surface area contributed by atoms with Crippen LogP contribution < -0.4 is 4.74 Å². The summed E-state index contributed by atoms with van der Waals surface area (Å²) in [5.41, 5.74) is 2.35. The van der Waals surface area contributed by atoms with Crippen LogP contribution in [0.15, 0.2) is 42.5 Å². The van der Waals surface area contributed by atoms with Crippen molar-refractivity contribution in [3.05, 3.63) is 65.0 Å². The van der Waals surface area contributed by atoms with Crippen molar-refractivity contribution in [1.82, 2.24) is 0 Å². The van der Waals surface area contributed by atoms with Crippen molar-refractivity contribution in [2.45, 2.75) is 26.6 Å². The highest BCUT2D eigenvalue weighted by Gasteiger charge is 2.04. The van der Waals surface area contributed by atoms with Crippen LogP contribution in [0, 0.1) is 5.82 Å². The van der Waals surface area contributed by atoms with Gasteiger partial charge in [0.25, 0.3) is 0 Å². The van der Waals surface area contributed by atoms with E-state index in [9.17, 15) is 4.39 Å². The van der Waals surface area contributed by atoms with Crippen molar-refractivity contribution in [2.24, 2.45) is 0 Å². The predicted molar refractivity (Wildman–Crippen MR) is 72.5 cm³/mol. The van der Waals surface area contributed by atoms with Gasteiger partial charge in [0.05, 0.1) is 6.61 Å². The summed E-state index contributed by atoms with van der Waals surface area (Å²) in [6, 6.07) is 12.3. The highest BCUT2D eigenvalue weighted by atomic mass is 19.1. The lowest BCUT2D eigenvalue weighted by Crippen LogP contribution is -1.99. The fraction of sp³-hybridized carbons (Fsp3) is 0.250. The van der Waals surface area contributed by atoms with E-state index in [0.29, 0.717) is 11.3 Å². The minimum Gasteiger partial charge on any atom is -0.489 e. The van der Waals surface area contributed by atoms with E-state index in [1.54, 1.807) is 36.4 Å². The van der Waals surface area contributed by atoms with Gasteiger partial charge in [-0.05, 0) is 35.7 Å². The molecule has 0 atom stereocenters. The largest absolute Gasteiger partial charge is 0.489 e. The maximum Gasteiger partial charge on any atom is 0.130 e. The number of aliphatic hydroxyl groups is 1. The zero-order chi connectivity index (χ0) is 13.7. The van der Waals surface area contributed by atoms with Crippen LogP contribution in [-0.2, 0) is 19.6 Å². The molecule has 19 heavy (non-hydrogen) atoms. The molecular weight excluding hydrogens is 243 g/mol. The number of aliphatic hydroxyl groups excluding tert-OH is 1. The zero-order valence-electron chi connectivity index (χ0n) is 10.9. The average Bonchev–Trinajstić information content (AvgIpc) is 2.46. The highest BCUT2D eigenvalue weighted by Crippen LogP contribution is 2.16. The summed E-state index contributed by atoms with van der Waals surface area (Å²) in [5, 5.41) is 8.93. The Balaban J connectivity index is 2.01. The van der Waals surface area contributed by atoms with Gasteiger partial charge in [-0.2, -0.15) is 0 Å². The molecule has 0 spiro atoms. The van der Waals surface area contributed by atoms with Gasteiger partial charge in [-0.15, -0.1) is 0 Å². The molecule has 0 aliphatic carbocycles. The number of hydrogen-bond acceptors (Lipinski definition) is 2. The third-order valence-corrected chi connectivity index (χ3v) is 3.03. The number of rotatable bonds is 5. The summed E-state index contributed by atoms with van der Waals surface area (Å²) in [5.74, 6) is 0.433. The quantitative estimate of drug-likeness (QED) is 0.892. The molecule has 100 valence electrons. The van der Waals surface area contributed by atoms with Crippen molar-refractivity contribution in [3.8, 4) is 5.75 Å². The van der Waals surface area contributed by atoms with E-state index in [-0.39, 0.29) is 19.0 Å². The third kappa shape index (κ3) is 3.55. The first-order valence-corrected chi connectivity index (χ1v) is 6.33. The molecule has 0 fully saturated rings. The molecule has 0 aliphatic rings. The van der Waals surface area contributed by atoms with E-state index in [0.717, 1.165) is 17.5 Å². The van der Waals surface area contributed by atoms with Crippen molar-refractivity contribution in [3.63, 3.8) is 0 Å². The Morgan fingerprint density at radius 1 is 1.05 bits per heavy atom. The Labute approximate surface area is 112 Å². The lowest BCUT2D eigenvalue weighted by Gasteiger charge is -2.08. The highest BCUT2D eigenvalue weighted by molar-refractivity contribution is 5.28. The molecule has 0 saturated heterocycles. The normalized spacial score (nSPS) is 10.5. The summed E-state index contributed by atoms with van der Waals surface area (Å²) in [4.78, 5) is 0. The number of hydrogen-bond donors (Lipinski definition) is 1. The van der Waals surface area contributed by atoms with Gasteiger partial charge in [0.15, 0.2) is 0 Å². The van der Waals surface area contributed by atoms with Crippen LogP contribution in [0.25, 0.3) is 0 Å². The first kappa shape index (κ1) is 13.6. The second-order valence-electron chi connectivity index (χ2n) is 4.37. The number of benzene rings is 2. The predicted octanol–water partition coefficient (Wildman–Crippen LogP) is 3.46.